The van der Waals surface area contributed by atoms with E-state index < -0.39 is 5.97 Å². The third-order valence-corrected chi connectivity index (χ3v) is 7.51. The zero-order valence-corrected chi connectivity index (χ0v) is 21.3. The number of carbonyl (C=O) groups is 2. The summed E-state index contributed by atoms with van der Waals surface area (Å²) in [7, 11) is 0. The zero-order chi connectivity index (χ0) is 25.2. The maximum atomic E-state index is 13.3. The molecule has 1 atom stereocenters. The molecule has 1 saturated carbocycles. The Bertz CT molecular complexity index is 1040. The van der Waals surface area contributed by atoms with Gasteiger partial charge in [-0.3, -0.25) is 9.59 Å². The topological polar surface area (TPSA) is 78.9 Å². The molecule has 2 aliphatic rings. The van der Waals surface area contributed by atoms with Crippen LogP contribution in [0.25, 0.3) is 10.8 Å². The number of carboxylic acid groups (broad SMARTS) is 1. The Hall–Kier alpha value is -2.86. The molecular formula is C30H40N2O4. The van der Waals surface area contributed by atoms with Gasteiger partial charge in [-0.05, 0) is 55.9 Å². The molecule has 194 valence electrons. The van der Waals surface area contributed by atoms with Crippen LogP contribution in [-0.4, -0.2) is 54.2 Å². The summed E-state index contributed by atoms with van der Waals surface area (Å²) in [4.78, 5) is 26.6. The van der Waals surface area contributed by atoms with Gasteiger partial charge in [0.25, 0.3) is 5.91 Å². The van der Waals surface area contributed by atoms with Crippen molar-refractivity contribution in [3.8, 4) is 5.75 Å². The van der Waals surface area contributed by atoms with Crippen molar-refractivity contribution in [2.24, 2.45) is 5.92 Å². The second kappa shape index (κ2) is 13.4. The molecule has 6 heteroatoms. The normalized spacial score (nSPS) is 19.4. The number of hydrogen-bond acceptors (Lipinski definition) is 4. The van der Waals surface area contributed by atoms with Gasteiger partial charge in [0.15, 0.2) is 0 Å². The Kier molecular flexibility index (Phi) is 9.79. The highest BCUT2D eigenvalue weighted by Crippen LogP contribution is 2.27. The molecule has 6 nitrogen and oxygen atoms in total. The molecule has 0 spiro atoms. The first-order valence-corrected chi connectivity index (χ1v) is 13.6. The van der Waals surface area contributed by atoms with Crippen molar-refractivity contribution < 1.29 is 19.4 Å². The van der Waals surface area contributed by atoms with E-state index in [0.717, 1.165) is 54.9 Å². The third kappa shape index (κ3) is 7.82. The van der Waals surface area contributed by atoms with Crippen molar-refractivity contribution in [1.82, 2.24) is 10.2 Å². The van der Waals surface area contributed by atoms with Crippen molar-refractivity contribution in [1.29, 1.82) is 0 Å². The van der Waals surface area contributed by atoms with Crippen LogP contribution in [0, 0.1) is 5.92 Å². The van der Waals surface area contributed by atoms with Crippen LogP contribution >= 0.6 is 0 Å². The van der Waals surface area contributed by atoms with E-state index in [1.807, 2.05) is 48.5 Å². The van der Waals surface area contributed by atoms with Gasteiger partial charge >= 0.3 is 5.97 Å². The Balaban J connectivity index is 1.35. The summed E-state index contributed by atoms with van der Waals surface area (Å²) in [6.07, 6.45) is 11.8. The number of aliphatic carboxylic acids is 1. The minimum Gasteiger partial charge on any atom is -0.488 e. The third-order valence-electron chi connectivity index (χ3n) is 7.51. The van der Waals surface area contributed by atoms with Gasteiger partial charge in [0.1, 0.15) is 12.4 Å². The Morgan fingerprint density at radius 1 is 1.03 bits per heavy atom. The average molecular weight is 493 g/mol. The number of likely N-dealkylation sites (tertiary alicyclic amines) is 1. The van der Waals surface area contributed by atoms with Crippen LogP contribution in [0.15, 0.2) is 54.1 Å². The molecule has 2 aromatic carbocycles. The number of nitrogens with zero attached hydrogens (tertiary/aromatic N) is 1. The van der Waals surface area contributed by atoms with Crippen LogP contribution in [-0.2, 0) is 9.59 Å². The van der Waals surface area contributed by atoms with Crippen LogP contribution in [0.5, 0.6) is 5.75 Å². The van der Waals surface area contributed by atoms with E-state index in [1.54, 1.807) is 0 Å². The summed E-state index contributed by atoms with van der Waals surface area (Å²) >= 11 is 0. The molecule has 2 fully saturated rings. The van der Waals surface area contributed by atoms with Gasteiger partial charge < -0.3 is 20.1 Å². The fraction of sp³-hybridized carbons (Fsp3) is 0.533. The summed E-state index contributed by atoms with van der Waals surface area (Å²) in [5.74, 6) is 0.717. The maximum Gasteiger partial charge on any atom is 0.303 e. The van der Waals surface area contributed by atoms with Gasteiger partial charge in [-0.25, -0.2) is 0 Å². The van der Waals surface area contributed by atoms with E-state index in [2.05, 4.69) is 10.2 Å². The van der Waals surface area contributed by atoms with Crippen LogP contribution < -0.4 is 10.1 Å². The minimum atomic E-state index is -0.782. The minimum absolute atomic E-state index is 0.0713. The van der Waals surface area contributed by atoms with Crippen LogP contribution in [0.2, 0.25) is 0 Å². The number of carbonyl (C=O) groups excluding carboxylic acids is 1. The quantitative estimate of drug-likeness (QED) is 0.300. The lowest BCUT2D eigenvalue weighted by molar-refractivity contribution is -0.137. The first-order chi connectivity index (χ1) is 17.6. The number of allylic oxidation sites excluding steroid dienone is 1. The van der Waals surface area contributed by atoms with Crippen LogP contribution in [0.1, 0.15) is 64.2 Å². The van der Waals surface area contributed by atoms with E-state index in [0.29, 0.717) is 18.4 Å². The molecule has 4 rings (SSSR count). The Morgan fingerprint density at radius 2 is 1.83 bits per heavy atom. The van der Waals surface area contributed by atoms with E-state index in [1.165, 1.54) is 32.1 Å². The van der Waals surface area contributed by atoms with Crippen molar-refractivity contribution in [3.05, 3.63) is 54.1 Å². The average Bonchev–Trinajstić information content (AvgIpc) is 3.32. The summed E-state index contributed by atoms with van der Waals surface area (Å²) in [6.45, 7) is 3.31. The molecule has 2 N–H and O–H groups in total. The van der Waals surface area contributed by atoms with Gasteiger partial charge in [0.2, 0.25) is 0 Å². The standard InChI is InChI=1S/C30H40N2O4/c33-29(34)17-6-2-5-13-25(22-36-28-16-9-14-24-12-7-8-15-27(24)28)30(35)31-26-18-19-32(21-26)20-23-10-3-1-4-11-23/h7-9,12-16,23,26H,1-6,10-11,17-22H2,(H,31,35)(H,33,34). The van der Waals surface area contributed by atoms with Gasteiger partial charge in [-0.1, -0.05) is 61.7 Å². The molecule has 1 saturated heterocycles. The van der Waals surface area contributed by atoms with Gasteiger partial charge in [-0.2, -0.15) is 0 Å². The first-order valence-electron chi connectivity index (χ1n) is 13.6. The molecule has 2 aromatic rings. The lowest BCUT2D eigenvalue weighted by Crippen LogP contribution is -2.39. The number of carboxylic acids is 1. The largest absolute Gasteiger partial charge is 0.488 e. The molecule has 1 amide bonds. The molecular weight excluding hydrogens is 452 g/mol. The number of benzene rings is 2. The summed E-state index contributed by atoms with van der Waals surface area (Å²) in [5.41, 5.74) is 0.615. The number of ether oxygens (including phenoxy) is 1. The lowest BCUT2D eigenvalue weighted by atomic mass is 9.89. The highest BCUT2D eigenvalue weighted by Gasteiger charge is 2.27. The number of nitrogens with one attached hydrogen (secondary N) is 1. The number of hydrogen-bond donors (Lipinski definition) is 2. The van der Waals surface area contributed by atoms with E-state index in [9.17, 15) is 9.59 Å². The molecule has 0 aromatic heterocycles. The number of amides is 1. The predicted molar refractivity (Wildman–Crippen MR) is 143 cm³/mol. The van der Waals surface area contributed by atoms with Crippen LogP contribution in [0.4, 0.5) is 0 Å². The predicted octanol–water partition coefficient (Wildman–Crippen LogP) is 5.56. The molecule has 1 aliphatic heterocycles. The molecule has 1 heterocycles. The molecule has 1 unspecified atom stereocenters. The fourth-order valence-corrected chi connectivity index (χ4v) is 5.52. The number of unbranched alkanes of at least 4 members (excludes halogenated alkanes) is 2. The van der Waals surface area contributed by atoms with E-state index in [4.69, 9.17) is 9.84 Å². The second-order valence-electron chi connectivity index (χ2n) is 10.4. The summed E-state index contributed by atoms with van der Waals surface area (Å²) < 4.78 is 6.15. The van der Waals surface area contributed by atoms with Gasteiger partial charge in [0.05, 0.1) is 5.57 Å². The molecule has 1 aliphatic carbocycles. The molecule has 0 bridgehead atoms. The monoisotopic (exact) mass is 492 g/mol. The smallest absolute Gasteiger partial charge is 0.303 e. The van der Waals surface area contributed by atoms with Crippen molar-refractivity contribution in [2.45, 2.75) is 70.3 Å². The Labute approximate surface area is 214 Å². The van der Waals surface area contributed by atoms with Gasteiger partial charge in [-0.15, -0.1) is 0 Å². The van der Waals surface area contributed by atoms with Gasteiger partial charge in [0, 0.05) is 37.5 Å². The lowest BCUT2D eigenvalue weighted by Gasteiger charge is -2.26. The highest BCUT2D eigenvalue weighted by molar-refractivity contribution is 5.94. The second-order valence-corrected chi connectivity index (χ2v) is 10.4. The van der Waals surface area contributed by atoms with Crippen LogP contribution in [0.3, 0.4) is 0 Å². The highest BCUT2D eigenvalue weighted by atomic mass is 16.5. The molecule has 0 radical (unpaired) electrons. The van der Waals surface area contributed by atoms with E-state index in [-0.39, 0.29) is 25.0 Å². The van der Waals surface area contributed by atoms with E-state index >= 15 is 0 Å². The zero-order valence-electron chi connectivity index (χ0n) is 21.3. The van der Waals surface area contributed by atoms with Crippen molar-refractivity contribution in [2.75, 3.05) is 26.2 Å². The first kappa shape index (κ1) is 26.2. The molecule has 36 heavy (non-hydrogen) atoms. The number of rotatable bonds is 12. The summed E-state index contributed by atoms with van der Waals surface area (Å²) in [5, 5.41) is 14.3. The van der Waals surface area contributed by atoms with Crippen molar-refractivity contribution in [3.63, 3.8) is 0 Å². The Morgan fingerprint density at radius 3 is 2.67 bits per heavy atom. The maximum absolute atomic E-state index is 13.3. The summed E-state index contributed by atoms with van der Waals surface area (Å²) in [6, 6.07) is 14.2. The van der Waals surface area contributed by atoms with Crippen molar-refractivity contribution >= 4 is 22.6 Å². The fourth-order valence-electron chi connectivity index (χ4n) is 5.52. The number of fused-ring (bicyclic) bond motifs is 1. The SMILES string of the molecule is O=C(O)CCCCC=C(COc1cccc2ccccc12)C(=O)NC1CCN(CC2CCCCC2)C1.